The highest BCUT2D eigenvalue weighted by molar-refractivity contribution is 7.89. The molecule has 178 valence electrons. The van der Waals surface area contributed by atoms with E-state index < -0.39 is 38.4 Å². The number of nitro benzene ring substituents is 1. The summed E-state index contributed by atoms with van der Waals surface area (Å²) in [5.41, 5.74) is 0.546. The number of aliphatic hydroxyl groups excluding tert-OH is 1. The van der Waals surface area contributed by atoms with Crippen molar-refractivity contribution in [3.8, 4) is 0 Å². The smallest absolute Gasteiger partial charge is 0.300 e. The summed E-state index contributed by atoms with van der Waals surface area (Å²) < 4.78 is 23.3. The number of rotatable bonds is 5. The van der Waals surface area contributed by atoms with Gasteiger partial charge in [-0.3, -0.25) is 24.6 Å². The first-order valence-corrected chi connectivity index (χ1v) is 11.8. The first kappa shape index (κ1) is 23.8. The molecule has 1 aliphatic rings. The number of aliphatic hydroxyl groups is 1. The van der Waals surface area contributed by atoms with Gasteiger partial charge >= 0.3 is 0 Å². The van der Waals surface area contributed by atoms with E-state index in [1.807, 2.05) is 6.92 Å². The second-order valence-electron chi connectivity index (χ2n) is 7.89. The van der Waals surface area contributed by atoms with Gasteiger partial charge in [0.1, 0.15) is 11.8 Å². The lowest BCUT2D eigenvalue weighted by Gasteiger charge is -2.25. The fourth-order valence-corrected chi connectivity index (χ4v) is 4.46. The minimum Gasteiger partial charge on any atom is -0.507 e. The van der Waals surface area contributed by atoms with E-state index in [0.29, 0.717) is 0 Å². The van der Waals surface area contributed by atoms with Gasteiger partial charge < -0.3 is 5.11 Å². The van der Waals surface area contributed by atoms with Crippen LogP contribution in [0.4, 0.5) is 11.4 Å². The van der Waals surface area contributed by atoms with Crippen molar-refractivity contribution in [3.05, 3.63) is 105 Å². The highest BCUT2D eigenvalue weighted by Crippen LogP contribution is 2.44. The summed E-state index contributed by atoms with van der Waals surface area (Å²) in [5.74, 6) is -2.57. The average molecular weight is 493 g/mol. The van der Waals surface area contributed by atoms with Gasteiger partial charge in [0.05, 0.1) is 21.0 Å². The number of nitrogens with zero attached hydrogens (tertiary/aromatic N) is 2. The number of carbonyl (C=O) groups is 2. The third-order valence-electron chi connectivity index (χ3n) is 5.64. The standard InChI is InChI=1S/C24H19N3O7S/c1-14-6-8-15(9-7-14)22(28)20-21(18-4-2-3-5-19(18)27(31)32)26(24(30)23(20)29)16-10-12-17(13-11-16)35(25,33)34/h2-13,21,28H,1H3,(H2,25,33,34)/t21-/m0/s1. The van der Waals surface area contributed by atoms with Crippen molar-refractivity contribution in [2.24, 2.45) is 5.14 Å². The molecule has 3 N–H and O–H groups in total. The molecule has 3 aromatic rings. The molecule has 0 radical (unpaired) electrons. The van der Waals surface area contributed by atoms with Crippen molar-refractivity contribution in [2.45, 2.75) is 17.9 Å². The fourth-order valence-electron chi connectivity index (χ4n) is 3.94. The number of aryl methyl sites for hydroxylation is 1. The molecule has 1 saturated heterocycles. The van der Waals surface area contributed by atoms with Gasteiger partial charge in [-0.15, -0.1) is 0 Å². The van der Waals surface area contributed by atoms with Crippen molar-refractivity contribution >= 4 is 38.8 Å². The molecule has 0 unspecified atom stereocenters. The number of anilines is 1. The van der Waals surface area contributed by atoms with Crippen LogP contribution in [0, 0.1) is 17.0 Å². The van der Waals surface area contributed by atoms with E-state index in [1.54, 1.807) is 24.3 Å². The summed E-state index contributed by atoms with van der Waals surface area (Å²) >= 11 is 0. The molecule has 0 aliphatic carbocycles. The summed E-state index contributed by atoms with van der Waals surface area (Å²) in [5, 5.41) is 28.0. The number of Topliss-reactive ketones (excluding diaryl/α,β-unsaturated/α-hetero) is 1. The summed E-state index contributed by atoms with van der Waals surface area (Å²) in [4.78, 5) is 38.2. The van der Waals surface area contributed by atoms with Gasteiger partial charge in [-0.1, -0.05) is 42.0 Å². The minimum atomic E-state index is -4.02. The molecule has 4 rings (SSSR count). The Hall–Kier alpha value is -4.35. The summed E-state index contributed by atoms with van der Waals surface area (Å²) in [6.07, 6.45) is 0. The Labute approximate surface area is 200 Å². The molecule has 3 aromatic carbocycles. The molecule has 10 nitrogen and oxygen atoms in total. The third kappa shape index (κ3) is 4.29. The Kier molecular flexibility index (Phi) is 5.97. The molecule has 1 amide bonds. The Morgan fingerprint density at radius 1 is 1.00 bits per heavy atom. The van der Waals surface area contributed by atoms with Gasteiger partial charge in [0.15, 0.2) is 0 Å². The number of benzene rings is 3. The topological polar surface area (TPSA) is 161 Å². The molecular weight excluding hydrogens is 474 g/mol. The Bertz CT molecular complexity index is 1490. The zero-order valence-corrected chi connectivity index (χ0v) is 19.1. The monoisotopic (exact) mass is 493 g/mol. The van der Waals surface area contributed by atoms with Crippen molar-refractivity contribution in [1.29, 1.82) is 0 Å². The van der Waals surface area contributed by atoms with Crippen LogP contribution in [0.25, 0.3) is 5.76 Å². The second-order valence-corrected chi connectivity index (χ2v) is 9.45. The van der Waals surface area contributed by atoms with Crippen molar-refractivity contribution < 1.29 is 28.0 Å². The lowest BCUT2D eigenvalue weighted by atomic mass is 9.94. The lowest BCUT2D eigenvalue weighted by Crippen LogP contribution is -2.29. The number of primary sulfonamides is 1. The fraction of sp³-hybridized carbons (Fsp3) is 0.0833. The quantitative estimate of drug-likeness (QED) is 0.181. The molecular formula is C24H19N3O7S. The third-order valence-corrected chi connectivity index (χ3v) is 6.57. The van der Waals surface area contributed by atoms with Gasteiger partial charge in [-0.25, -0.2) is 13.6 Å². The summed E-state index contributed by atoms with van der Waals surface area (Å²) in [6, 6.07) is 15.6. The van der Waals surface area contributed by atoms with Gasteiger partial charge in [-0.05, 0) is 37.3 Å². The number of ketones is 1. The maximum atomic E-state index is 13.2. The number of hydrogen-bond donors (Lipinski definition) is 2. The maximum Gasteiger partial charge on any atom is 0.300 e. The molecule has 0 saturated carbocycles. The van der Waals surface area contributed by atoms with Crippen LogP contribution in [0.3, 0.4) is 0 Å². The van der Waals surface area contributed by atoms with E-state index >= 15 is 0 Å². The van der Waals surface area contributed by atoms with Crippen LogP contribution in [0.2, 0.25) is 0 Å². The molecule has 0 spiro atoms. The van der Waals surface area contributed by atoms with Crippen LogP contribution in [0.15, 0.2) is 83.3 Å². The second kappa shape index (κ2) is 8.78. The van der Waals surface area contributed by atoms with Crippen molar-refractivity contribution in [2.75, 3.05) is 4.90 Å². The predicted molar refractivity (Wildman–Crippen MR) is 127 cm³/mol. The van der Waals surface area contributed by atoms with Gasteiger partial charge in [0.2, 0.25) is 10.0 Å². The molecule has 1 atom stereocenters. The number of sulfonamides is 1. The molecule has 11 heteroatoms. The first-order chi connectivity index (χ1) is 16.5. The lowest BCUT2D eigenvalue weighted by molar-refractivity contribution is -0.385. The molecule has 1 aliphatic heterocycles. The Morgan fingerprint density at radius 3 is 2.17 bits per heavy atom. The van der Waals surface area contributed by atoms with Crippen molar-refractivity contribution in [1.82, 2.24) is 0 Å². The number of amides is 1. The highest BCUT2D eigenvalue weighted by Gasteiger charge is 2.48. The average Bonchev–Trinajstić information content (AvgIpc) is 3.09. The van der Waals surface area contributed by atoms with E-state index in [9.17, 15) is 33.2 Å². The van der Waals surface area contributed by atoms with Gasteiger partial charge in [0.25, 0.3) is 17.4 Å². The highest BCUT2D eigenvalue weighted by atomic mass is 32.2. The van der Waals surface area contributed by atoms with Gasteiger partial charge in [-0.2, -0.15) is 0 Å². The molecule has 35 heavy (non-hydrogen) atoms. The minimum absolute atomic E-state index is 0.000819. The zero-order valence-electron chi connectivity index (χ0n) is 18.3. The van der Waals surface area contributed by atoms with Crippen LogP contribution < -0.4 is 10.0 Å². The predicted octanol–water partition coefficient (Wildman–Crippen LogP) is 3.18. The van der Waals surface area contributed by atoms with Crippen LogP contribution in [0.5, 0.6) is 0 Å². The molecule has 0 aromatic heterocycles. The molecule has 1 fully saturated rings. The van der Waals surface area contributed by atoms with E-state index in [-0.39, 0.29) is 33.0 Å². The summed E-state index contributed by atoms with van der Waals surface area (Å²) in [7, 11) is -4.02. The summed E-state index contributed by atoms with van der Waals surface area (Å²) in [6.45, 7) is 1.83. The number of nitro groups is 1. The van der Waals surface area contributed by atoms with E-state index in [1.165, 1.54) is 36.4 Å². The SMILES string of the molecule is Cc1ccc(C(O)=C2C(=O)C(=O)N(c3ccc(S(N)(=O)=O)cc3)[C@H]2c2ccccc2[N+](=O)[O-])cc1. The van der Waals surface area contributed by atoms with E-state index in [4.69, 9.17) is 5.14 Å². The van der Waals surface area contributed by atoms with Crippen molar-refractivity contribution in [3.63, 3.8) is 0 Å². The van der Waals surface area contributed by atoms with E-state index in [2.05, 4.69) is 0 Å². The molecule has 0 bridgehead atoms. The van der Waals surface area contributed by atoms with Gasteiger partial charge in [0, 0.05) is 17.3 Å². The number of para-hydroxylation sites is 1. The Morgan fingerprint density at radius 2 is 1.60 bits per heavy atom. The first-order valence-electron chi connectivity index (χ1n) is 10.2. The molecule has 1 heterocycles. The van der Waals surface area contributed by atoms with E-state index in [0.717, 1.165) is 22.6 Å². The van der Waals surface area contributed by atoms with Crippen LogP contribution in [0.1, 0.15) is 22.7 Å². The number of nitrogens with two attached hydrogens (primary N) is 1. The normalized spacial score (nSPS) is 17.5. The maximum absolute atomic E-state index is 13.2. The largest absolute Gasteiger partial charge is 0.507 e. The van der Waals surface area contributed by atoms with Crippen LogP contribution in [-0.4, -0.2) is 30.1 Å². The zero-order chi connectivity index (χ0) is 25.5. The number of hydrogen-bond acceptors (Lipinski definition) is 7. The Balaban J connectivity index is 1.98. The van der Waals surface area contributed by atoms with Crippen LogP contribution >= 0.6 is 0 Å². The van der Waals surface area contributed by atoms with Crippen LogP contribution in [-0.2, 0) is 19.6 Å². The number of carbonyl (C=O) groups excluding carboxylic acids is 2.